The zero-order valence-corrected chi connectivity index (χ0v) is 22.5. The van der Waals surface area contributed by atoms with Crippen molar-refractivity contribution in [3.63, 3.8) is 0 Å². The highest BCUT2D eigenvalue weighted by atomic mass is 16.4. The van der Waals surface area contributed by atoms with Gasteiger partial charge in [0.1, 0.15) is 0 Å². The lowest BCUT2D eigenvalue weighted by molar-refractivity contribution is -0.254. The molecule has 0 aromatic rings. The molecule has 0 heterocycles. The van der Waals surface area contributed by atoms with Gasteiger partial charge in [-0.1, -0.05) is 53.7 Å². The van der Waals surface area contributed by atoms with Crippen LogP contribution in [0.1, 0.15) is 99.8 Å². The van der Waals surface area contributed by atoms with Crippen molar-refractivity contribution < 1.29 is 20.1 Å². The molecular formula is C30H48O4. The molecule has 0 spiro atoms. The molecule has 0 aromatic carbocycles. The van der Waals surface area contributed by atoms with Crippen molar-refractivity contribution in [2.45, 2.75) is 112 Å². The Morgan fingerprint density at radius 1 is 0.824 bits per heavy atom. The molecule has 0 amide bonds. The summed E-state index contributed by atoms with van der Waals surface area (Å²) in [6.07, 6.45) is 11.5. The van der Waals surface area contributed by atoms with Crippen molar-refractivity contribution in [2.24, 2.45) is 56.7 Å². The van der Waals surface area contributed by atoms with Gasteiger partial charge in [0.25, 0.3) is 0 Å². The first-order chi connectivity index (χ1) is 15.6. The number of aliphatic hydroxyl groups excluding tert-OH is 1. The van der Waals surface area contributed by atoms with E-state index in [2.05, 4.69) is 41.5 Å². The van der Waals surface area contributed by atoms with Crippen molar-refractivity contribution in [1.82, 2.24) is 0 Å². The van der Waals surface area contributed by atoms with E-state index in [9.17, 15) is 20.1 Å². The molecule has 4 heteroatoms. The lowest BCUT2D eigenvalue weighted by Crippen LogP contribution is -2.68. The molecule has 5 aliphatic rings. The highest BCUT2D eigenvalue weighted by Crippen LogP contribution is 2.76. The monoisotopic (exact) mass is 472 g/mol. The van der Waals surface area contributed by atoms with E-state index in [0.717, 1.165) is 44.9 Å². The maximum Gasteiger partial charge on any atom is 0.313 e. The van der Waals surface area contributed by atoms with Crippen LogP contribution in [-0.4, -0.2) is 33.0 Å². The fourth-order valence-corrected chi connectivity index (χ4v) is 11.1. The summed E-state index contributed by atoms with van der Waals surface area (Å²) in [7, 11) is 0. The van der Waals surface area contributed by atoms with Crippen LogP contribution in [0.15, 0.2) is 12.2 Å². The van der Waals surface area contributed by atoms with Crippen LogP contribution in [0.25, 0.3) is 0 Å². The van der Waals surface area contributed by atoms with Crippen LogP contribution in [-0.2, 0) is 4.79 Å². The summed E-state index contributed by atoms with van der Waals surface area (Å²) in [5.74, 6) is 0.585. The molecule has 11 atom stereocenters. The lowest BCUT2D eigenvalue weighted by atomic mass is 9.31. The Morgan fingerprint density at radius 3 is 2.15 bits per heavy atom. The molecule has 192 valence electrons. The smallest absolute Gasteiger partial charge is 0.313 e. The van der Waals surface area contributed by atoms with Crippen molar-refractivity contribution in [3.8, 4) is 0 Å². The van der Waals surface area contributed by atoms with Gasteiger partial charge in [-0.2, -0.15) is 0 Å². The Balaban J connectivity index is 1.58. The first-order valence-electron chi connectivity index (χ1n) is 13.9. The second kappa shape index (κ2) is 7.12. The van der Waals surface area contributed by atoms with Crippen molar-refractivity contribution in [2.75, 3.05) is 0 Å². The third-order valence-corrected chi connectivity index (χ3v) is 13.6. The van der Waals surface area contributed by atoms with Crippen LogP contribution < -0.4 is 0 Å². The van der Waals surface area contributed by atoms with E-state index in [1.54, 1.807) is 6.08 Å². The van der Waals surface area contributed by atoms with E-state index >= 15 is 0 Å². The number of aliphatic carboxylic acids is 1. The molecule has 4 saturated carbocycles. The summed E-state index contributed by atoms with van der Waals surface area (Å²) in [5, 5.41) is 32.6. The van der Waals surface area contributed by atoms with E-state index in [-0.39, 0.29) is 39.6 Å². The Hall–Kier alpha value is -0.870. The first-order valence-corrected chi connectivity index (χ1v) is 13.9. The molecule has 5 rings (SSSR count). The first kappa shape index (κ1) is 24.8. The second-order valence-electron chi connectivity index (χ2n) is 14.8. The zero-order valence-electron chi connectivity index (χ0n) is 22.5. The summed E-state index contributed by atoms with van der Waals surface area (Å²) in [6.45, 7) is 16.1. The SMILES string of the molecule is C[C@@H]1[C@H]2[C@H]3CC[C@@H]4[C@@]5(C)CC[C@H](O)C(C)(C)[C@@H]5CC[C@@]4(C)[C@]3(C)CC[C@@]2(C(=O)O)C=C[C@@]1(C)O. The number of hydrogen-bond donors (Lipinski definition) is 3. The van der Waals surface area contributed by atoms with Crippen molar-refractivity contribution in [1.29, 1.82) is 0 Å². The van der Waals surface area contributed by atoms with Gasteiger partial charge in [-0.3, -0.25) is 4.79 Å². The van der Waals surface area contributed by atoms with E-state index in [0.29, 0.717) is 24.2 Å². The lowest BCUT2D eigenvalue weighted by Gasteiger charge is -2.73. The van der Waals surface area contributed by atoms with Gasteiger partial charge in [-0.05, 0) is 110 Å². The van der Waals surface area contributed by atoms with Gasteiger partial charge in [0.15, 0.2) is 0 Å². The largest absolute Gasteiger partial charge is 0.481 e. The van der Waals surface area contributed by atoms with Gasteiger partial charge in [0.2, 0.25) is 0 Å². The number of hydrogen-bond acceptors (Lipinski definition) is 3. The van der Waals surface area contributed by atoms with Crippen molar-refractivity contribution in [3.05, 3.63) is 12.2 Å². The molecule has 5 aliphatic carbocycles. The molecule has 0 unspecified atom stereocenters. The fourth-order valence-electron chi connectivity index (χ4n) is 11.1. The molecule has 0 radical (unpaired) electrons. The summed E-state index contributed by atoms with van der Waals surface area (Å²) in [6, 6.07) is 0. The second-order valence-corrected chi connectivity index (χ2v) is 14.8. The van der Waals surface area contributed by atoms with Gasteiger partial charge >= 0.3 is 5.97 Å². The van der Waals surface area contributed by atoms with Gasteiger partial charge < -0.3 is 15.3 Å². The fraction of sp³-hybridized carbons (Fsp3) is 0.900. The number of rotatable bonds is 1. The van der Waals surface area contributed by atoms with E-state index in [4.69, 9.17) is 0 Å². The summed E-state index contributed by atoms with van der Waals surface area (Å²) in [5.41, 5.74) is -1.45. The zero-order chi connectivity index (χ0) is 25.1. The van der Waals surface area contributed by atoms with Gasteiger partial charge in [-0.15, -0.1) is 0 Å². The minimum Gasteiger partial charge on any atom is -0.481 e. The van der Waals surface area contributed by atoms with Crippen LogP contribution in [0.5, 0.6) is 0 Å². The van der Waals surface area contributed by atoms with Gasteiger partial charge in [-0.25, -0.2) is 0 Å². The summed E-state index contributed by atoms with van der Waals surface area (Å²) in [4.78, 5) is 12.8. The number of carboxylic acids is 1. The molecule has 4 fully saturated rings. The number of aliphatic hydroxyl groups is 2. The third-order valence-electron chi connectivity index (χ3n) is 13.6. The molecule has 0 bridgehead atoms. The molecule has 0 aliphatic heterocycles. The highest BCUT2D eigenvalue weighted by molar-refractivity contribution is 5.78. The van der Waals surface area contributed by atoms with Crippen molar-refractivity contribution >= 4 is 5.97 Å². The maximum absolute atomic E-state index is 12.8. The summed E-state index contributed by atoms with van der Waals surface area (Å²) >= 11 is 0. The van der Waals surface area contributed by atoms with Crippen LogP contribution in [0, 0.1) is 56.7 Å². The standard InChI is InChI=1S/C30H48O4/c1-18-23-19-8-9-21-26(4)12-11-22(31)25(2,3)20(26)10-13-28(21,6)27(19,5)14-16-30(23,24(32)33)17-15-29(18,7)34/h15,17-23,31,34H,8-14,16H2,1-7H3,(H,32,33)/t18-,19-,20+,21-,22+,23+,26+,27-,28-,29-,30-/m1/s1. The van der Waals surface area contributed by atoms with E-state index in [1.165, 1.54) is 0 Å². The number of carboxylic acid groups (broad SMARTS) is 1. The maximum atomic E-state index is 12.8. The van der Waals surface area contributed by atoms with Crippen LogP contribution >= 0.6 is 0 Å². The molecule has 4 nitrogen and oxygen atoms in total. The Bertz CT molecular complexity index is 905. The van der Waals surface area contributed by atoms with Crippen LogP contribution in [0.3, 0.4) is 0 Å². The Labute approximate surface area is 206 Å². The van der Waals surface area contributed by atoms with Gasteiger partial charge in [0, 0.05) is 0 Å². The van der Waals surface area contributed by atoms with E-state index < -0.39 is 17.0 Å². The van der Waals surface area contributed by atoms with E-state index in [1.807, 2.05) is 13.0 Å². The predicted octanol–water partition coefficient (Wildman–Crippen LogP) is 6.06. The molecule has 3 N–H and O–H groups in total. The average Bonchev–Trinajstić information content (AvgIpc) is 2.74. The Kier molecular flexibility index (Phi) is 5.20. The molecular weight excluding hydrogens is 424 g/mol. The molecule has 0 aromatic heterocycles. The molecule has 0 saturated heterocycles. The summed E-state index contributed by atoms with van der Waals surface area (Å²) < 4.78 is 0. The topological polar surface area (TPSA) is 77.8 Å². The number of fused-ring (bicyclic) bond motifs is 7. The average molecular weight is 473 g/mol. The minimum absolute atomic E-state index is 0.0447. The number of carbonyl (C=O) groups is 1. The highest BCUT2D eigenvalue weighted by Gasteiger charge is 2.71. The predicted molar refractivity (Wildman–Crippen MR) is 134 cm³/mol. The Morgan fingerprint density at radius 2 is 1.50 bits per heavy atom. The van der Waals surface area contributed by atoms with Crippen LogP contribution in [0.2, 0.25) is 0 Å². The molecule has 34 heavy (non-hydrogen) atoms. The van der Waals surface area contributed by atoms with Crippen LogP contribution in [0.4, 0.5) is 0 Å². The minimum atomic E-state index is -0.965. The quantitative estimate of drug-likeness (QED) is 0.405. The third kappa shape index (κ3) is 2.76. The van der Waals surface area contributed by atoms with Gasteiger partial charge in [0.05, 0.1) is 17.1 Å². The normalized spacial score (nSPS) is 58.1.